The van der Waals surface area contributed by atoms with Gasteiger partial charge in [0.05, 0.1) is 0 Å². The highest BCUT2D eigenvalue weighted by Gasteiger charge is 2.43. The minimum absolute atomic E-state index is 0.321. The predicted octanol–water partition coefficient (Wildman–Crippen LogP) is 3.99. The molecular formula is C13H9F4NO. The van der Waals surface area contributed by atoms with E-state index in [2.05, 4.69) is 9.72 Å². The van der Waals surface area contributed by atoms with Gasteiger partial charge >= 0.3 is 12.5 Å². The third kappa shape index (κ3) is 3.21. The van der Waals surface area contributed by atoms with E-state index in [1.807, 2.05) is 0 Å². The van der Waals surface area contributed by atoms with Gasteiger partial charge in [-0.05, 0) is 29.3 Å². The first-order valence-corrected chi connectivity index (χ1v) is 5.34. The highest BCUT2D eigenvalue weighted by molar-refractivity contribution is 5.62. The first-order chi connectivity index (χ1) is 8.99. The lowest BCUT2D eigenvalue weighted by Gasteiger charge is -2.16. The molecule has 0 aliphatic rings. The number of halogens is 4. The summed E-state index contributed by atoms with van der Waals surface area (Å²) in [7, 11) is 0. The Morgan fingerprint density at radius 1 is 1.00 bits per heavy atom. The van der Waals surface area contributed by atoms with Crippen LogP contribution >= 0.6 is 0 Å². The van der Waals surface area contributed by atoms with Gasteiger partial charge in [0.2, 0.25) is 0 Å². The van der Waals surface area contributed by atoms with Crippen molar-refractivity contribution in [1.29, 1.82) is 0 Å². The van der Waals surface area contributed by atoms with Gasteiger partial charge in [0.1, 0.15) is 5.75 Å². The molecule has 1 heterocycles. The summed E-state index contributed by atoms with van der Waals surface area (Å²) in [6.07, 6.45) is -5.16. The average molecular weight is 271 g/mol. The van der Waals surface area contributed by atoms with Crippen LogP contribution in [0.1, 0.15) is 0 Å². The van der Waals surface area contributed by atoms with Crippen LogP contribution in [0.2, 0.25) is 0 Å². The Morgan fingerprint density at radius 3 is 2.21 bits per heavy atom. The maximum Gasteiger partial charge on any atom is 0.461 e. The Bertz CT molecular complexity index is 528. The normalized spacial score (nSPS) is 11.6. The SMILES string of the molecule is FC(F)C(F)(F)Oc1ccc(-c2cccnc2)cc1. The number of hydrogen-bond acceptors (Lipinski definition) is 2. The van der Waals surface area contributed by atoms with Crippen molar-refractivity contribution >= 4 is 0 Å². The second-order valence-corrected chi connectivity index (χ2v) is 3.73. The van der Waals surface area contributed by atoms with Crippen LogP contribution in [0.15, 0.2) is 48.8 Å². The Hall–Kier alpha value is -2.11. The average Bonchev–Trinajstić information content (AvgIpc) is 2.40. The smallest absolute Gasteiger partial charge is 0.428 e. The molecule has 2 aromatic rings. The number of ether oxygens (including phenoxy) is 1. The molecule has 6 heteroatoms. The lowest BCUT2D eigenvalue weighted by Crippen LogP contribution is -2.33. The Balaban J connectivity index is 2.16. The molecule has 0 saturated heterocycles. The highest BCUT2D eigenvalue weighted by Crippen LogP contribution is 2.29. The van der Waals surface area contributed by atoms with Crippen molar-refractivity contribution in [2.45, 2.75) is 12.5 Å². The van der Waals surface area contributed by atoms with E-state index in [9.17, 15) is 17.6 Å². The molecule has 0 bridgehead atoms. The van der Waals surface area contributed by atoms with Crippen LogP contribution < -0.4 is 4.74 Å². The molecule has 0 fully saturated rings. The molecule has 0 radical (unpaired) electrons. The van der Waals surface area contributed by atoms with E-state index in [0.717, 1.165) is 11.1 Å². The zero-order valence-corrected chi connectivity index (χ0v) is 9.56. The zero-order valence-electron chi connectivity index (χ0n) is 9.56. The first kappa shape index (κ1) is 13.3. The fraction of sp³-hybridized carbons (Fsp3) is 0.154. The largest absolute Gasteiger partial charge is 0.461 e. The van der Waals surface area contributed by atoms with Crippen molar-refractivity contribution in [1.82, 2.24) is 4.98 Å². The molecule has 0 saturated carbocycles. The fourth-order valence-electron chi connectivity index (χ4n) is 1.45. The number of rotatable bonds is 4. The summed E-state index contributed by atoms with van der Waals surface area (Å²) in [4.78, 5) is 3.92. The molecule has 1 aromatic carbocycles. The Kier molecular flexibility index (Phi) is 3.69. The lowest BCUT2D eigenvalue weighted by molar-refractivity contribution is -0.253. The lowest BCUT2D eigenvalue weighted by atomic mass is 10.1. The Labute approximate surface area is 106 Å². The maximum absolute atomic E-state index is 12.7. The second-order valence-electron chi connectivity index (χ2n) is 3.73. The molecule has 0 aliphatic heterocycles. The van der Waals surface area contributed by atoms with E-state index in [0.29, 0.717) is 0 Å². The summed E-state index contributed by atoms with van der Waals surface area (Å²) < 4.78 is 53.2. The summed E-state index contributed by atoms with van der Waals surface area (Å²) in [5.74, 6) is -0.321. The van der Waals surface area contributed by atoms with Gasteiger partial charge in [-0.25, -0.2) is 0 Å². The van der Waals surface area contributed by atoms with Gasteiger partial charge < -0.3 is 4.74 Å². The molecular weight excluding hydrogens is 262 g/mol. The van der Waals surface area contributed by atoms with Crippen LogP contribution in [0, 0.1) is 0 Å². The molecule has 0 atom stereocenters. The van der Waals surface area contributed by atoms with E-state index in [1.165, 1.54) is 24.3 Å². The van der Waals surface area contributed by atoms with Crippen LogP contribution in [0.4, 0.5) is 17.6 Å². The van der Waals surface area contributed by atoms with Crippen molar-refractivity contribution in [2.75, 3.05) is 0 Å². The first-order valence-electron chi connectivity index (χ1n) is 5.34. The van der Waals surface area contributed by atoms with E-state index in [-0.39, 0.29) is 5.75 Å². The molecule has 0 amide bonds. The minimum atomic E-state index is -4.49. The van der Waals surface area contributed by atoms with E-state index < -0.39 is 12.5 Å². The predicted molar refractivity (Wildman–Crippen MR) is 61.3 cm³/mol. The minimum Gasteiger partial charge on any atom is -0.428 e. The molecule has 2 rings (SSSR count). The molecule has 0 N–H and O–H groups in total. The van der Waals surface area contributed by atoms with Gasteiger partial charge in [-0.15, -0.1) is 0 Å². The van der Waals surface area contributed by atoms with Gasteiger partial charge in [0, 0.05) is 12.4 Å². The van der Waals surface area contributed by atoms with E-state index in [4.69, 9.17) is 0 Å². The van der Waals surface area contributed by atoms with Crippen molar-refractivity contribution < 1.29 is 22.3 Å². The summed E-state index contributed by atoms with van der Waals surface area (Å²) in [5.41, 5.74) is 1.51. The third-order valence-electron chi connectivity index (χ3n) is 2.36. The quantitative estimate of drug-likeness (QED) is 0.784. The maximum atomic E-state index is 12.7. The number of nitrogens with zero attached hydrogens (tertiary/aromatic N) is 1. The van der Waals surface area contributed by atoms with Crippen molar-refractivity contribution in [3.8, 4) is 16.9 Å². The third-order valence-corrected chi connectivity index (χ3v) is 2.36. The molecule has 19 heavy (non-hydrogen) atoms. The fourth-order valence-corrected chi connectivity index (χ4v) is 1.45. The van der Waals surface area contributed by atoms with Gasteiger partial charge in [0.15, 0.2) is 0 Å². The molecule has 100 valence electrons. The second kappa shape index (κ2) is 5.26. The monoisotopic (exact) mass is 271 g/mol. The van der Waals surface area contributed by atoms with Crippen LogP contribution in [0.25, 0.3) is 11.1 Å². The van der Waals surface area contributed by atoms with E-state index >= 15 is 0 Å². The molecule has 2 nitrogen and oxygen atoms in total. The number of hydrogen-bond donors (Lipinski definition) is 0. The summed E-state index contributed by atoms with van der Waals surface area (Å²) in [5, 5.41) is 0. The molecule has 0 spiro atoms. The number of benzene rings is 1. The van der Waals surface area contributed by atoms with Gasteiger partial charge in [0.25, 0.3) is 0 Å². The Morgan fingerprint density at radius 2 is 1.68 bits per heavy atom. The zero-order chi connectivity index (χ0) is 13.9. The van der Waals surface area contributed by atoms with Crippen molar-refractivity contribution in [2.24, 2.45) is 0 Å². The topological polar surface area (TPSA) is 22.1 Å². The standard InChI is InChI=1S/C13H9F4NO/c14-12(15)13(16,17)19-11-5-3-9(4-6-11)10-2-1-7-18-8-10/h1-8,12H. The number of alkyl halides is 4. The summed E-state index contributed by atoms with van der Waals surface area (Å²) >= 11 is 0. The van der Waals surface area contributed by atoms with Gasteiger partial charge in [-0.1, -0.05) is 18.2 Å². The number of pyridine rings is 1. The van der Waals surface area contributed by atoms with Gasteiger partial charge in [-0.2, -0.15) is 17.6 Å². The van der Waals surface area contributed by atoms with Crippen LogP contribution in [-0.2, 0) is 0 Å². The molecule has 1 aromatic heterocycles. The summed E-state index contributed by atoms with van der Waals surface area (Å²) in [6.45, 7) is 0. The van der Waals surface area contributed by atoms with Crippen molar-refractivity contribution in [3.05, 3.63) is 48.8 Å². The highest BCUT2D eigenvalue weighted by atomic mass is 19.3. The summed E-state index contributed by atoms with van der Waals surface area (Å²) in [6, 6.07) is 8.92. The molecule has 0 aliphatic carbocycles. The van der Waals surface area contributed by atoms with E-state index in [1.54, 1.807) is 24.5 Å². The van der Waals surface area contributed by atoms with Crippen LogP contribution in [0.3, 0.4) is 0 Å². The van der Waals surface area contributed by atoms with Gasteiger partial charge in [-0.3, -0.25) is 4.98 Å². The number of aromatic nitrogens is 1. The molecule has 0 unspecified atom stereocenters. The van der Waals surface area contributed by atoms with Crippen LogP contribution in [0.5, 0.6) is 5.75 Å². The van der Waals surface area contributed by atoms with Crippen LogP contribution in [-0.4, -0.2) is 17.5 Å². The van der Waals surface area contributed by atoms with Crippen molar-refractivity contribution in [3.63, 3.8) is 0 Å².